The van der Waals surface area contributed by atoms with Crippen molar-refractivity contribution in [3.63, 3.8) is 0 Å². The summed E-state index contributed by atoms with van der Waals surface area (Å²) in [7, 11) is 0. The van der Waals surface area contributed by atoms with Gasteiger partial charge in [0.15, 0.2) is 5.82 Å². The minimum atomic E-state index is -0.418. The van der Waals surface area contributed by atoms with Crippen LogP contribution in [0.2, 0.25) is 0 Å². The SMILES string of the molecule is CC1(C)c2ccccc2C2(c3ccccc3-c3ccccc32)c2ccc(-c3cccc(-c4cc(-c5cccc(-c6ccccc6)c5)nc(-c5cccc(-c6ccccc6)c5)n4)c3)cc21. The molecule has 0 fully saturated rings. The van der Waals surface area contributed by atoms with Crippen LogP contribution in [0.25, 0.3) is 78.4 Å². The van der Waals surface area contributed by atoms with Gasteiger partial charge in [0.1, 0.15) is 0 Å². The summed E-state index contributed by atoms with van der Waals surface area (Å²) in [5.41, 5.74) is 21.9. The minimum Gasteiger partial charge on any atom is -0.228 e. The second kappa shape index (κ2) is 14.9. The second-order valence-corrected chi connectivity index (χ2v) is 17.7. The third-order valence-electron chi connectivity index (χ3n) is 13.8. The van der Waals surface area contributed by atoms with E-state index in [1.807, 2.05) is 0 Å². The molecule has 0 bridgehead atoms. The molecule has 12 rings (SSSR count). The first-order chi connectivity index (χ1) is 31.5. The van der Waals surface area contributed by atoms with Crippen molar-refractivity contribution >= 4 is 0 Å². The van der Waals surface area contributed by atoms with Gasteiger partial charge < -0.3 is 0 Å². The summed E-state index contributed by atoms with van der Waals surface area (Å²) in [6.07, 6.45) is 0. The van der Waals surface area contributed by atoms with Crippen LogP contribution < -0.4 is 0 Å². The molecular formula is C62H44N2. The van der Waals surface area contributed by atoms with E-state index in [1.54, 1.807) is 0 Å². The predicted molar refractivity (Wildman–Crippen MR) is 264 cm³/mol. The number of nitrogens with zero attached hydrogens (tertiary/aromatic N) is 2. The molecule has 1 aromatic heterocycles. The number of hydrogen-bond acceptors (Lipinski definition) is 2. The standard InChI is InChI=1S/C62H44N2/c1-61(2)54-32-13-14-33-55(54)62(52-30-11-9-28-50(52)51-29-10-12-31-53(51)62)56-35-34-46(39-57(56)61)45-24-16-26-48(37-45)59-40-58(47-25-15-22-43(36-47)41-18-5-3-6-19-41)63-60(64-59)49-27-17-23-44(38-49)42-20-7-4-8-21-42/h3-40H,1-2H3. The van der Waals surface area contributed by atoms with Gasteiger partial charge in [0.25, 0.3) is 0 Å². The van der Waals surface area contributed by atoms with Crippen LogP contribution in [0.15, 0.2) is 231 Å². The van der Waals surface area contributed by atoms with Gasteiger partial charge in [0, 0.05) is 22.1 Å². The van der Waals surface area contributed by atoms with Crippen LogP contribution >= 0.6 is 0 Å². The van der Waals surface area contributed by atoms with Crippen LogP contribution in [0, 0.1) is 0 Å². The maximum atomic E-state index is 5.35. The Balaban J connectivity index is 1.01. The summed E-state index contributed by atoms with van der Waals surface area (Å²) in [5.74, 6) is 0.692. The summed E-state index contributed by atoms with van der Waals surface area (Å²) in [4.78, 5) is 10.6. The van der Waals surface area contributed by atoms with Crippen LogP contribution in [0.4, 0.5) is 0 Å². The number of rotatable bonds is 6. The van der Waals surface area contributed by atoms with E-state index < -0.39 is 5.41 Å². The quantitative estimate of drug-likeness (QED) is 0.167. The van der Waals surface area contributed by atoms with E-state index in [9.17, 15) is 0 Å². The van der Waals surface area contributed by atoms with Crippen molar-refractivity contribution in [2.75, 3.05) is 0 Å². The second-order valence-electron chi connectivity index (χ2n) is 17.7. The van der Waals surface area contributed by atoms with E-state index in [4.69, 9.17) is 9.97 Å². The molecule has 0 aliphatic heterocycles. The largest absolute Gasteiger partial charge is 0.228 e. The highest BCUT2D eigenvalue weighted by Gasteiger charge is 2.53. The zero-order valence-electron chi connectivity index (χ0n) is 35.8. The minimum absolute atomic E-state index is 0.240. The highest BCUT2D eigenvalue weighted by molar-refractivity contribution is 5.89. The Kier molecular flexibility index (Phi) is 8.77. The molecule has 0 saturated carbocycles. The third kappa shape index (κ3) is 5.94. The Morgan fingerprint density at radius 3 is 1.22 bits per heavy atom. The van der Waals surface area contributed by atoms with Gasteiger partial charge in [-0.2, -0.15) is 0 Å². The van der Waals surface area contributed by atoms with E-state index in [0.717, 1.165) is 50.3 Å². The molecule has 0 amide bonds. The van der Waals surface area contributed by atoms with Crippen LogP contribution in [-0.4, -0.2) is 9.97 Å². The highest BCUT2D eigenvalue weighted by atomic mass is 14.9. The van der Waals surface area contributed by atoms with Gasteiger partial charge in [-0.05, 0) is 108 Å². The number of benzene rings is 9. The number of fused-ring (bicyclic) bond motifs is 9. The number of aromatic nitrogens is 2. The van der Waals surface area contributed by atoms with Gasteiger partial charge in [-0.1, -0.05) is 214 Å². The first-order valence-electron chi connectivity index (χ1n) is 22.2. The predicted octanol–water partition coefficient (Wildman–Crippen LogP) is 15.5. The molecule has 2 aliphatic rings. The average molecular weight is 817 g/mol. The molecule has 1 heterocycles. The van der Waals surface area contributed by atoms with E-state index in [1.165, 1.54) is 55.6 Å². The molecule has 302 valence electrons. The maximum absolute atomic E-state index is 5.35. The molecule has 1 spiro atoms. The molecule has 2 heteroatoms. The van der Waals surface area contributed by atoms with Crippen molar-refractivity contribution in [1.29, 1.82) is 0 Å². The summed E-state index contributed by atoms with van der Waals surface area (Å²) < 4.78 is 0. The van der Waals surface area contributed by atoms with Crippen LogP contribution in [0.5, 0.6) is 0 Å². The lowest BCUT2D eigenvalue weighted by molar-refractivity contribution is 0.563. The molecule has 9 aromatic carbocycles. The first-order valence-corrected chi connectivity index (χ1v) is 22.2. The molecule has 0 radical (unpaired) electrons. The monoisotopic (exact) mass is 816 g/mol. The lowest BCUT2D eigenvalue weighted by Gasteiger charge is -2.46. The van der Waals surface area contributed by atoms with Gasteiger partial charge >= 0.3 is 0 Å². The zero-order chi connectivity index (χ0) is 42.8. The first kappa shape index (κ1) is 37.8. The molecule has 0 N–H and O–H groups in total. The summed E-state index contributed by atoms with van der Waals surface area (Å²) in [6, 6.07) is 83.8. The lowest BCUT2D eigenvalue weighted by Crippen LogP contribution is -2.40. The van der Waals surface area contributed by atoms with E-state index >= 15 is 0 Å². The van der Waals surface area contributed by atoms with Crippen LogP contribution in [-0.2, 0) is 10.8 Å². The molecule has 2 nitrogen and oxygen atoms in total. The van der Waals surface area contributed by atoms with Crippen LogP contribution in [0.1, 0.15) is 47.2 Å². The zero-order valence-corrected chi connectivity index (χ0v) is 35.8. The molecule has 0 unspecified atom stereocenters. The normalized spacial score (nSPS) is 13.7. The Labute approximate surface area is 375 Å². The fourth-order valence-electron chi connectivity index (χ4n) is 10.7. The van der Waals surface area contributed by atoms with Gasteiger partial charge in [0.2, 0.25) is 0 Å². The van der Waals surface area contributed by atoms with Crippen molar-refractivity contribution in [2.24, 2.45) is 0 Å². The Morgan fingerprint density at radius 1 is 0.266 bits per heavy atom. The van der Waals surface area contributed by atoms with Gasteiger partial charge in [-0.3, -0.25) is 0 Å². The molecule has 0 atom stereocenters. The Hall–Kier alpha value is -7.94. The molecule has 2 aliphatic carbocycles. The van der Waals surface area contributed by atoms with Crippen molar-refractivity contribution in [2.45, 2.75) is 24.7 Å². The van der Waals surface area contributed by atoms with Crippen LogP contribution in [0.3, 0.4) is 0 Å². The molecule has 64 heavy (non-hydrogen) atoms. The summed E-state index contributed by atoms with van der Waals surface area (Å²) in [5, 5.41) is 0. The van der Waals surface area contributed by atoms with Crippen molar-refractivity contribution in [3.05, 3.63) is 264 Å². The average Bonchev–Trinajstić information content (AvgIpc) is 3.67. The van der Waals surface area contributed by atoms with Gasteiger partial charge in [-0.25, -0.2) is 9.97 Å². The van der Waals surface area contributed by atoms with E-state index in [0.29, 0.717) is 5.82 Å². The smallest absolute Gasteiger partial charge is 0.160 e. The number of hydrogen-bond donors (Lipinski definition) is 0. The van der Waals surface area contributed by atoms with Crippen molar-refractivity contribution in [1.82, 2.24) is 9.97 Å². The maximum Gasteiger partial charge on any atom is 0.160 e. The van der Waals surface area contributed by atoms with Gasteiger partial charge in [-0.15, -0.1) is 0 Å². The molecule has 0 saturated heterocycles. The lowest BCUT2D eigenvalue weighted by atomic mass is 9.55. The highest BCUT2D eigenvalue weighted by Crippen LogP contribution is 2.62. The van der Waals surface area contributed by atoms with Crippen molar-refractivity contribution in [3.8, 4) is 78.4 Å². The molecule has 10 aromatic rings. The summed E-state index contributed by atoms with van der Waals surface area (Å²) >= 11 is 0. The fourth-order valence-corrected chi connectivity index (χ4v) is 10.7. The third-order valence-corrected chi connectivity index (χ3v) is 13.8. The van der Waals surface area contributed by atoms with Gasteiger partial charge in [0.05, 0.1) is 16.8 Å². The Bertz CT molecular complexity index is 3270. The van der Waals surface area contributed by atoms with E-state index in [-0.39, 0.29) is 5.41 Å². The topological polar surface area (TPSA) is 25.8 Å². The summed E-state index contributed by atoms with van der Waals surface area (Å²) in [6.45, 7) is 4.79. The molecular weight excluding hydrogens is 773 g/mol. The van der Waals surface area contributed by atoms with E-state index in [2.05, 4.69) is 244 Å². The van der Waals surface area contributed by atoms with Crippen molar-refractivity contribution < 1.29 is 0 Å². The Morgan fingerprint density at radius 2 is 0.656 bits per heavy atom. The fraction of sp³-hybridized carbons (Fsp3) is 0.0645.